The van der Waals surface area contributed by atoms with Gasteiger partial charge in [-0.05, 0) is 47.9 Å². The molecule has 0 bridgehead atoms. The van der Waals surface area contributed by atoms with Crippen LogP contribution < -0.4 is 9.47 Å². The van der Waals surface area contributed by atoms with Crippen LogP contribution in [0.15, 0.2) is 91.1 Å². The highest BCUT2D eigenvalue weighted by molar-refractivity contribution is 6.00. The quantitative estimate of drug-likeness (QED) is 0.340. The highest BCUT2D eigenvalue weighted by atomic mass is 15.2. The number of aryl methyl sites for hydroxylation is 2. The van der Waals surface area contributed by atoms with Crippen molar-refractivity contribution in [1.29, 1.82) is 0 Å². The molecule has 130 valence electrons. The summed E-state index contributed by atoms with van der Waals surface area (Å²) in [5.41, 5.74) is 8.72. The third-order valence-electron chi connectivity index (χ3n) is 5.37. The van der Waals surface area contributed by atoms with E-state index in [0.29, 0.717) is 0 Å². The molecule has 5 rings (SSSR count). The molecule has 3 aromatic carbocycles. The number of fused-ring (bicyclic) bond motifs is 5. The summed E-state index contributed by atoms with van der Waals surface area (Å²) >= 11 is 0. The van der Waals surface area contributed by atoms with Crippen molar-refractivity contribution >= 4 is 17.2 Å². The molecule has 1 aromatic heterocycles. The highest BCUT2D eigenvalue weighted by Crippen LogP contribution is 2.49. The van der Waals surface area contributed by atoms with E-state index < -0.39 is 0 Å². The van der Waals surface area contributed by atoms with Gasteiger partial charge in [0.2, 0.25) is 0 Å². The number of anilines is 3. The number of rotatable bonds is 1. The first-order valence-electron chi connectivity index (χ1n) is 9.29. The van der Waals surface area contributed by atoms with Gasteiger partial charge < -0.3 is 0 Å². The molecule has 1 aliphatic heterocycles. The summed E-state index contributed by atoms with van der Waals surface area (Å²) in [5, 5.41) is 0. The molecule has 0 amide bonds. The largest absolute Gasteiger partial charge is 0.294 e. The number of hydrogen-bond donors (Lipinski definition) is 0. The molecule has 0 unspecified atom stereocenters. The lowest BCUT2D eigenvalue weighted by Crippen LogP contribution is -2.35. The minimum absolute atomic E-state index is 1.18. The SMILES string of the molecule is Cc1ccccc1N1c2ccccc2-c2ccccc2-c2ccc[n+](C)c21. The van der Waals surface area contributed by atoms with Crippen LogP contribution in [0.25, 0.3) is 22.3 Å². The normalized spacial score (nSPS) is 12.0. The van der Waals surface area contributed by atoms with Crippen molar-refractivity contribution in [2.75, 3.05) is 4.90 Å². The lowest BCUT2D eigenvalue weighted by atomic mass is 9.95. The average molecular weight is 349 g/mol. The first-order valence-corrected chi connectivity index (χ1v) is 9.29. The van der Waals surface area contributed by atoms with Crippen LogP contribution >= 0.6 is 0 Å². The Bertz CT molecular complexity index is 1160. The molecule has 0 fully saturated rings. The number of hydrogen-bond acceptors (Lipinski definition) is 1. The fraction of sp³-hybridized carbons (Fsp3) is 0.0800. The summed E-state index contributed by atoms with van der Waals surface area (Å²) in [6.45, 7) is 2.18. The van der Waals surface area contributed by atoms with Gasteiger partial charge in [-0.15, -0.1) is 0 Å². The zero-order chi connectivity index (χ0) is 18.4. The Kier molecular flexibility index (Phi) is 3.58. The second kappa shape index (κ2) is 6.10. The first-order chi connectivity index (χ1) is 13.3. The van der Waals surface area contributed by atoms with Crippen LogP contribution in [0.5, 0.6) is 0 Å². The van der Waals surface area contributed by atoms with E-state index in [0.717, 1.165) is 0 Å². The standard InChI is InChI=1S/C25H21N2/c1-18-10-3-7-15-23(18)27-24-16-8-6-13-21(24)19-11-4-5-12-20(19)22-14-9-17-26(2)25(22)27/h3-17H,1-2H3/q+1. The van der Waals surface area contributed by atoms with E-state index >= 15 is 0 Å². The van der Waals surface area contributed by atoms with Crippen LogP contribution in [0.4, 0.5) is 17.2 Å². The second-order valence-corrected chi connectivity index (χ2v) is 7.04. The van der Waals surface area contributed by atoms with E-state index in [4.69, 9.17) is 0 Å². The molecule has 2 heteroatoms. The molecule has 2 nitrogen and oxygen atoms in total. The lowest BCUT2D eigenvalue weighted by Gasteiger charge is -2.21. The fourth-order valence-electron chi connectivity index (χ4n) is 4.11. The van der Waals surface area contributed by atoms with E-state index in [1.54, 1.807) is 0 Å². The Morgan fingerprint density at radius 1 is 0.593 bits per heavy atom. The number of aromatic nitrogens is 1. The minimum Gasteiger partial charge on any atom is -0.236 e. The molecule has 1 aliphatic rings. The van der Waals surface area contributed by atoms with Crippen LogP contribution in [-0.2, 0) is 7.05 Å². The number of nitrogens with zero attached hydrogens (tertiary/aromatic N) is 2. The first kappa shape index (κ1) is 15.8. The lowest BCUT2D eigenvalue weighted by molar-refractivity contribution is -0.657. The van der Waals surface area contributed by atoms with Crippen LogP contribution in [0.2, 0.25) is 0 Å². The maximum Gasteiger partial charge on any atom is 0.294 e. The molecular weight excluding hydrogens is 328 g/mol. The van der Waals surface area contributed by atoms with Gasteiger partial charge in [0.05, 0.1) is 18.8 Å². The Balaban J connectivity index is 1.97. The molecule has 0 spiro atoms. The van der Waals surface area contributed by atoms with Crippen LogP contribution in [0, 0.1) is 6.92 Å². The van der Waals surface area contributed by atoms with Gasteiger partial charge in [0, 0.05) is 5.56 Å². The van der Waals surface area contributed by atoms with Crippen LogP contribution in [0.3, 0.4) is 0 Å². The van der Waals surface area contributed by atoms with Crippen molar-refractivity contribution in [2.24, 2.45) is 7.05 Å². The van der Waals surface area contributed by atoms with Crippen molar-refractivity contribution in [2.45, 2.75) is 6.92 Å². The van der Waals surface area contributed by atoms with Gasteiger partial charge >= 0.3 is 0 Å². The van der Waals surface area contributed by atoms with Crippen molar-refractivity contribution in [3.8, 4) is 22.3 Å². The summed E-state index contributed by atoms with van der Waals surface area (Å²) < 4.78 is 2.22. The van der Waals surface area contributed by atoms with Gasteiger partial charge in [0.1, 0.15) is 11.4 Å². The molecule has 0 aliphatic carbocycles. The molecule has 4 aromatic rings. The third-order valence-corrected chi connectivity index (χ3v) is 5.37. The Morgan fingerprint density at radius 3 is 1.89 bits per heavy atom. The zero-order valence-electron chi connectivity index (χ0n) is 15.6. The van der Waals surface area contributed by atoms with Crippen LogP contribution in [0.1, 0.15) is 5.56 Å². The molecule has 0 N–H and O–H groups in total. The predicted octanol–water partition coefficient (Wildman–Crippen LogP) is 5.94. The smallest absolute Gasteiger partial charge is 0.236 e. The third kappa shape index (κ3) is 2.37. The summed E-state index contributed by atoms with van der Waals surface area (Å²) in [6.07, 6.45) is 2.13. The number of para-hydroxylation sites is 2. The van der Waals surface area contributed by atoms with Gasteiger partial charge in [0.25, 0.3) is 5.82 Å². The topological polar surface area (TPSA) is 7.12 Å². The zero-order valence-corrected chi connectivity index (χ0v) is 15.6. The molecule has 0 saturated heterocycles. The molecule has 0 radical (unpaired) electrons. The van der Waals surface area contributed by atoms with Crippen molar-refractivity contribution in [3.05, 3.63) is 96.7 Å². The van der Waals surface area contributed by atoms with Crippen molar-refractivity contribution in [3.63, 3.8) is 0 Å². The summed E-state index contributed by atoms with van der Waals surface area (Å²) in [5.74, 6) is 1.18. The summed E-state index contributed by atoms with van der Waals surface area (Å²) in [7, 11) is 2.13. The molecule has 27 heavy (non-hydrogen) atoms. The van der Waals surface area contributed by atoms with E-state index in [2.05, 4.69) is 115 Å². The number of benzene rings is 3. The maximum absolute atomic E-state index is 2.40. The number of pyridine rings is 1. The summed E-state index contributed by atoms with van der Waals surface area (Å²) in [4.78, 5) is 2.40. The second-order valence-electron chi connectivity index (χ2n) is 7.04. The Morgan fingerprint density at radius 2 is 1.15 bits per heavy atom. The van der Waals surface area contributed by atoms with E-state index in [9.17, 15) is 0 Å². The van der Waals surface area contributed by atoms with E-state index in [1.807, 2.05) is 0 Å². The molecule has 2 heterocycles. The van der Waals surface area contributed by atoms with Crippen molar-refractivity contribution in [1.82, 2.24) is 0 Å². The predicted molar refractivity (Wildman–Crippen MR) is 111 cm³/mol. The summed E-state index contributed by atoms with van der Waals surface area (Å²) in [6, 6.07) is 30.4. The average Bonchev–Trinajstić information content (AvgIpc) is 2.83. The highest BCUT2D eigenvalue weighted by Gasteiger charge is 2.34. The van der Waals surface area contributed by atoms with Gasteiger partial charge in [-0.1, -0.05) is 60.7 Å². The van der Waals surface area contributed by atoms with E-state index in [1.165, 1.54) is 45.0 Å². The molecular formula is C25H21N2+. The maximum atomic E-state index is 2.40. The van der Waals surface area contributed by atoms with Gasteiger partial charge in [0.15, 0.2) is 0 Å². The van der Waals surface area contributed by atoms with Gasteiger partial charge in [-0.25, -0.2) is 4.57 Å². The Labute approximate surface area is 160 Å². The molecule has 0 atom stereocenters. The fourth-order valence-corrected chi connectivity index (χ4v) is 4.11. The molecule has 0 saturated carbocycles. The monoisotopic (exact) mass is 349 g/mol. The van der Waals surface area contributed by atoms with Crippen LogP contribution in [-0.4, -0.2) is 0 Å². The minimum atomic E-state index is 1.18. The van der Waals surface area contributed by atoms with Gasteiger partial charge in [-0.3, -0.25) is 0 Å². The van der Waals surface area contributed by atoms with E-state index in [-0.39, 0.29) is 0 Å². The van der Waals surface area contributed by atoms with Crippen molar-refractivity contribution < 1.29 is 4.57 Å². The Hall–Kier alpha value is -3.39. The van der Waals surface area contributed by atoms with Gasteiger partial charge in [-0.2, -0.15) is 4.90 Å².